The third kappa shape index (κ3) is 3.20. The maximum atomic E-state index is 10.9. The summed E-state index contributed by atoms with van der Waals surface area (Å²) in [5, 5.41) is 23.6. The van der Waals surface area contributed by atoms with Crippen LogP contribution in [0.4, 0.5) is 11.5 Å². The smallest absolute Gasteiger partial charge is 0.386 e. The number of pyridine rings is 1. The molecule has 0 aromatic carbocycles. The molecule has 1 saturated carbocycles. The summed E-state index contributed by atoms with van der Waals surface area (Å²) in [5.74, 6) is -0.161. The van der Waals surface area contributed by atoms with Crippen LogP contribution in [-0.2, 0) is 0 Å². The minimum Gasteiger partial charge on any atom is -0.396 e. The SMILES string of the molecule is O=[N+]([O-])c1ncccc1NCC1(CO)CCCCC1. The number of aliphatic hydroxyl groups excluding tert-OH is 1. The molecule has 0 bridgehead atoms. The largest absolute Gasteiger partial charge is 0.396 e. The molecule has 0 saturated heterocycles. The fourth-order valence-corrected chi connectivity index (χ4v) is 2.66. The Kier molecular flexibility index (Phi) is 4.31. The summed E-state index contributed by atoms with van der Waals surface area (Å²) < 4.78 is 0. The molecule has 0 radical (unpaired) electrons. The van der Waals surface area contributed by atoms with Crippen LogP contribution in [0.2, 0.25) is 0 Å². The maximum Gasteiger partial charge on any atom is 0.386 e. The van der Waals surface area contributed by atoms with Gasteiger partial charge >= 0.3 is 5.82 Å². The lowest BCUT2D eigenvalue weighted by Crippen LogP contribution is -2.35. The van der Waals surface area contributed by atoms with Crippen molar-refractivity contribution >= 4 is 11.5 Å². The average Bonchev–Trinajstić information content (AvgIpc) is 2.46. The zero-order chi connectivity index (χ0) is 13.7. The molecule has 2 rings (SSSR count). The van der Waals surface area contributed by atoms with Crippen molar-refractivity contribution in [1.82, 2.24) is 4.98 Å². The molecule has 6 nitrogen and oxygen atoms in total. The Balaban J connectivity index is 2.07. The van der Waals surface area contributed by atoms with Gasteiger partial charge in [0.15, 0.2) is 0 Å². The highest BCUT2D eigenvalue weighted by Crippen LogP contribution is 2.36. The van der Waals surface area contributed by atoms with Gasteiger partial charge in [-0.15, -0.1) is 0 Å². The van der Waals surface area contributed by atoms with Gasteiger partial charge in [0.25, 0.3) is 0 Å². The lowest BCUT2D eigenvalue weighted by atomic mass is 9.74. The first-order valence-electron chi connectivity index (χ1n) is 6.61. The van der Waals surface area contributed by atoms with Crippen LogP contribution in [0, 0.1) is 15.5 Å². The molecule has 1 aromatic heterocycles. The van der Waals surface area contributed by atoms with Crippen LogP contribution in [0.3, 0.4) is 0 Å². The lowest BCUT2D eigenvalue weighted by molar-refractivity contribution is -0.388. The molecular formula is C13H19N3O3. The second-order valence-corrected chi connectivity index (χ2v) is 5.20. The van der Waals surface area contributed by atoms with E-state index in [4.69, 9.17) is 0 Å². The zero-order valence-corrected chi connectivity index (χ0v) is 10.8. The first-order chi connectivity index (χ1) is 9.17. The summed E-state index contributed by atoms with van der Waals surface area (Å²) in [6.07, 6.45) is 6.75. The van der Waals surface area contributed by atoms with Gasteiger partial charge in [0.05, 0.1) is 6.61 Å². The molecule has 6 heteroatoms. The number of hydrogen-bond acceptors (Lipinski definition) is 5. The molecule has 1 aliphatic rings. The second-order valence-electron chi connectivity index (χ2n) is 5.20. The maximum absolute atomic E-state index is 10.9. The molecule has 2 N–H and O–H groups in total. The monoisotopic (exact) mass is 265 g/mol. The van der Waals surface area contributed by atoms with Gasteiger partial charge in [-0.05, 0) is 34.9 Å². The van der Waals surface area contributed by atoms with E-state index in [0.717, 1.165) is 25.7 Å². The Bertz CT molecular complexity index is 445. The van der Waals surface area contributed by atoms with Crippen LogP contribution in [0.15, 0.2) is 18.3 Å². The molecule has 1 aromatic rings. The van der Waals surface area contributed by atoms with Crippen LogP contribution in [0.1, 0.15) is 32.1 Å². The summed E-state index contributed by atoms with van der Waals surface area (Å²) in [6, 6.07) is 3.32. The minimum atomic E-state index is -0.491. The van der Waals surface area contributed by atoms with E-state index in [2.05, 4.69) is 10.3 Å². The Morgan fingerprint density at radius 2 is 2.16 bits per heavy atom. The van der Waals surface area contributed by atoms with Crippen molar-refractivity contribution in [2.75, 3.05) is 18.5 Å². The van der Waals surface area contributed by atoms with E-state index >= 15 is 0 Å². The van der Waals surface area contributed by atoms with Crippen LogP contribution in [0.25, 0.3) is 0 Å². The number of nitro groups is 1. The van der Waals surface area contributed by atoms with Gasteiger partial charge in [0.2, 0.25) is 0 Å². The molecule has 1 fully saturated rings. The number of anilines is 1. The number of aliphatic hydroxyl groups is 1. The van der Waals surface area contributed by atoms with Crippen molar-refractivity contribution < 1.29 is 10.0 Å². The Morgan fingerprint density at radius 1 is 1.42 bits per heavy atom. The standard InChI is InChI=1S/C13H19N3O3/c17-10-13(6-2-1-3-7-13)9-15-11-5-4-8-14-12(11)16(18)19/h4-5,8,15,17H,1-3,6-7,9-10H2. The van der Waals surface area contributed by atoms with Crippen molar-refractivity contribution in [2.45, 2.75) is 32.1 Å². The van der Waals surface area contributed by atoms with Gasteiger partial charge < -0.3 is 20.5 Å². The Hall–Kier alpha value is -1.69. The number of rotatable bonds is 5. The second kappa shape index (κ2) is 5.97. The van der Waals surface area contributed by atoms with Gasteiger partial charge in [0.1, 0.15) is 11.9 Å². The molecular weight excluding hydrogens is 246 g/mol. The predicted octanol–water partition coefficient (Wildman–Crippen LogP) is 2.34. The molecule has 0 atom stereocenters. The number of aromatic nitrogens is 1. The van der Waals surface area contributed by atoms with Crippen molar-refractivity contribution in [3.8, 4) is 0 Å². The molecule has 0 aliphatic heterocycles. The lowest BCUT2D eigenvalue weighted by Gasteiger charge is -2.35. The molecule has 0 unspecified atom stereocenters. The van der Waals surface area contributed by atoms with E-state index in [9.17, 15) is 15.2 Å². The fourth-order valence-electron chi connectivity index (χ4n) is 2.66. The van der Waals surface area contributed by atoms with Gasteiger partial charge in [0, 0.05) is 12.0 Å². The fraction of sp³-hybridized carbons (Fsp3) is 0.615. The van der Waals surface area contributed by atoms with Gasteiger partial charge in [-0.2, -0.15) is 0 Å². The van der Waals surface area contributed by atoms with Crippen molar-refractivity contribution in [2.24, 2.45) is 5.41 Å². The summed E-state index contributed by atoms with van der Waals surface area (Å²) >= 11 is 0. The van der Waals surface area contributed by atoms with Gasteiger partial charge in [-0.25, -0.2) is 0 Å². The predicted molar refractivity (Wildman–Crippen MR) is 72.0 cm³/mol. The van der Waals surface area contributed by atoms with E-state index < -0.39 is 4.92 Å². The molecule has 1 aliphatic carbocycles. The molecule has 0 amide bonds. The van der Waals surface area contributed by atoms with E-state index in [-0.39, 0.29) is 17.8 Å². The highest BCUT2D eigenvalue weighted by atomic mass is 16.6. The number of hydrogen-bond donors (Lipinski definition) is 2. The van der Waals surface area contributed by atoms with Gasteiger partial charge in [-0.1, -0.05) is 19.3 Å². The Morgan fingerprint density at radius 3 is 2.79 bits per heavy atom. The van der Waals surface area contributed by atoms with Gasteiger partial charge in [-0.3, -0.25) is 0 Å². The zero-order valence-electron chi connectivity index (χ0n) is 10.8. The number of nitrogens with zero attached hydrogens (tertiary/aromatic N) is 2. The van der Waals surface area contributed by atoms with Crippen molar-refractivity contribution in [3.63, 3.8) is 0 Å². The summed E-state index contributed by atoms with van der Waals surface area (Å²) in [6.45, 7) is 0.671. The summed E-state index contributed by atoms with van der Waals surface area (Å²) in [4.78, 5) is 14.2. The van der Waals surface area contributed by atoms with Crippen LogP contribution >= 0.6 is 0 Å². The van der Waals surface area contributed by atoms with Crippen LogP contribution in [-0.4, -0.2) is 28.2 Å². The van der Waals surface area contributed by atoms with Crippen molar-refractivity contribution in [1.29, 1.82) is 0 Å². The number of nitrogens with one attached hydrogen (secondary N) is 1. The molecule has 104 valence electrons. The van der Waals surface area contributed by atoms with Crippen molar-refractivity contribution in [3.05, 3.63) is 28.4 Å². The average molecular weight is 265 g/mol. The van der Waals surface area contributed by atoms with E-state index in [1.165, 1.54) is 12.6 Å². The first kappa shape index (κ1) is 13.7. The van der Waals surface area contributed by atoms with E-state index in [1.54, 1.807) is 12.1 Å². The van der Waals surface area contributed by atoms with Crippen LogP contribution in [0.5, 0.6) is 0 Å². The third-order valence-electron chi connectivity index (χ3n) is 3.86. The third-order valence-corrected chi connectivity index (χ3v) is 3.86. The molecule has 19 heavy (non-hydrogen) atoms. The first-order valence-corrected chi connectivity index (χ1v) is 6.61. The quantitative estimate of drug-likeness (QED) is 0.630. The highest BCUT2D eigenvalue weighted by molar-refractivity contribution is 5.56. The van der Waals surface area contributed by atoms with E-state index in [0.29, 0.717) is 12.2 Å². The Labute approximate surface area is 112 Å². The molecule has 1 heterocycles. The van der Waals surface area contributed by atoms with Crippen LogP contribution < -0.4 is 5.32 Å². The van der Waals surface area contributed by atoms with E-state index in [1.807, 2.05) is 0 Å². The highest BCUT2D eigenvalue weighted by Gasteiger charge is 2.31. The summed E-state index contributed by atoms with van der Waals surface area (Å²) in [7, 11) is 0. The molecule has 0 spiro atoms. The minimum absolute atomic E-state index is 0.119. The normalized spacial score (nSPS) is 17.9. The topological polar surface area (TPSA) is 88.3 Å². The summed E-state index contributed by atoms with van der Waals surface area (Å²) in [5.41, 5.74) is 0.271.